The van der Waals surface area contributed by atoms with E-state index in [4.69, 9.17) is 4.74 Å². The summed E-state index contributed by atoms with van der Waals surface area (Å²) in [5.41, 5.74) is 3.34. The number of thioether (sulfide) groups is 1. The summed E-state index contributed by atoms with van der Waals surface area (Å²) in [7, 11) is 1.70. The molecule has 4 rings (SSSR count). The van der Waals surface area contributed by atoms with E-state index in [1.807, 2.05) is 41.3 Å². The number of fused-ring (bicyclic) bond motifs is 1. The van der Waals surface area contributed by atoms with Crippen LogP contribution >= 0.6 is 11.8 Å². The van der Waals surface area contributed by atoms with Crippen LogP contribution in [0.4, 0.5) is 0 Å². The van der Waals surface area contributed by atoms with Gasteiger partial charge in [-0.1, -0.05) is 24.3 Å². The molecule has 30 heavy (non-hydrogen) atoms. The van der Waals surface area contributed by atoms with Crippen LogP contribution in [0.25, 0.3) is 11.0 Å². The van der Waals surface area contributed by atoms with Crippen LogP contribution in [0.1, 0.15) is 36.4 Å². The van der Waals surface area contributed by atoms with Crippen molar-refractivity contribution in [2.75, 3.05) is 26.0 Å². The van der Waals surface area contributed by atoms with Crippen molar-refractivity contribution in [1.82, 2.24) is 14.9 Å². The molecule has 1 unspecified atom stereocenters. The summed E-state index contributed by atoms with van der Waals surface area (Å²) in [6.07, 6.45) is 3.18. The Bertz CT molecular complexity index is 962. The van der Waals surface area contributed by atoms with Crippen LogP contribution in [-0.2, 0) is 11.2 Å². The summed E-state index contributed by atoms with van der Waals surface area (Å²) in [6, 6.07) is 16.3. The first-order valence-corrected chi connectivity index (χ1v) is 11.6. The van der Waals surface area contributed by atoms with Gasteiger partial charge >= 0.3 is 0 Å². The van der Waals surface area contributed by atoms with Gasteiger partial charge in [-0.3, -0.25) is 4.79 Å². The molecule has 1 aliphatic rings. The lowest BCUT2D eigenvalue weighted by atomic mass is 9.90. The highest BCUT2D eigenvalue weighted by molar-refractivity contribution is 8.00. The van der Waals surface area contributed by atoms with Crippen molar-refractivity contribution in [2.24, 2.45) is 5.92 Å². The minimum absolute atomic E-state index is 0.159. The van der Waals surface area contributed by atoms with Crippen molar-refractivity contribution < 1.29 is 9.53 Å². The monoisotopic (exact) mass is 423 g/mol. The van der Waals surface area contributed by atoms with Crippen LogP contribution in [-0.4, -0.2) is 46.7 Å². The number of aromatic amines is 1. The van der Waals surface area contributed by atoms with Gasteiger partial charge in [0.25, 0.3) is 0 Å². The molecule has 0 bridgehead atoms. The van der Waals surface area contributed by atoms with Gasteiger partial charge in [-0.15, -0.1) is 11.8 Å². The highest BCUT2D eigenvalue weighted by Crippen LogP contribution is 2.29. The number of nitrogens with zero attached hydrogens (tertiary/aromatic N) is 2. The number of H-pyrrole nitrogens is 1. The highest BCUT2D eigenvalue weighted by atomic mass is 32.2. The zero-order valence-corrected chi connectivity index (χ0v) is 18.5. The van der Waals surface area contributed by atoms with E-state index in [-0.39, 0.29) is 11.2 Å². The van der Waals surface area contributed by atoms with Crippen molar-refractivity contribution in [1.29, 1.82) is 0 Å². The average molecular weight is 424 g/mol. The molecule has 0 aliphatic carbocycles. The first kappa shape index (κ1) is 20.8. The quantitative estimate of drug-likeness (QED) is 0.590. The molecule has 1 aromatic heterocycles. The van der Waals surface area contributed by atoms with Crippen LogP contribution in [0.2, 0.25) is 0 Å². The lowest BCUT2D eigenvalue weighted by molar-refractivity contribution is -0.129. The van der Waals surface area contributed by atoms with Crippen molar-refractivity contribution in [3.63, 3.8) is 0 Å². The number of rotatable bonds is 7. The van der Waals surface area contributed by atoms with Crippen molar-refractivity contribution >= 4 is 28.7 Å². The molecule has 5 nitrogen and oxygen atoms in total. The first-order valence-electron chi connectivity index (χ1n) is 10.6. The Balaban J connectivity index is 1.24. The number of likely N-dealkylation sites (tertiary alicyclic amines) is 1. The number of hydrogen-bond acceptors (Lipinski definition) is 4. The second kappa shape index (κ2) is 9.56. The zero-order chi connectivity index (χ0) is 20.9. The molecule has 0 saturated carbocycles. The third-order valence-electron chi connectivity index (χ3n) is 5.88. The number of imidazole rings is 1. The molecule has 1 amide bonds. The van der Waals surface area contributed by atoms with E-state index < -0.39 is 0 Å². The summed E-state index contributed by atoms with van der Waals surface area (Å²) in [4.78, 5) is 22.8. The van der Waals surface area contributed by atoms with Crippen LogP contribution in [0.3, 0.4) is 0 Å². The Hall–Kier alpha value is -2.47. The lowest BCUT2D eigenvalue weighted by Crippen LogP contribution is -2.39. The number of piperidine rings is 1. The molecule has 1 saturated heterocycles. The van der Waals surface area contributed by atoms with Crippen LogP contribution < -0.4 is 4.74 Å². The van der Waals surface area contributed by atoms with Crippen LogP contribution in [0.15, 0.2) is 48.5 Å². The molecule has 6 heteroatoms. The van der Waals surface area contributed by atoms with E-state index in [2.05, 4.69) is 29.0 Å². The minimum Gasteiger partial charge on any atom is -0.497 e. The van der Waals surface area contributed by atoms with Gasteiger partial charge in [-0.05, 0) is 61.9 Å². The highest BCUT2D eigenvalue weighted by Gasteiger charge is 2.24. The molecular weight excluding hydrogens is 394 g/mol. The zero-order valence-electron chi connectivity index (χ0n) is 17.6. The Morgan fingerprint density at radius 2 is 2.03 bits per heavy atom. The van der Waals surface area contributed by atoms with Crippen LogP contribution in [0.5, 0.6) is 5.75 Å². The minimum atomic E-state index is 0.159. The van der Waals surface area contributed by atoms with E-state index in [1.54, 1.807) is 18.9 Å². The second-order valence-corrected chi connectivity index (χ2v) is 9.30. The number of amides is 1. The van der Waals surface area contributed by atoms with Gasteiger partial charge in [0.2, 0.25) is 5.91 Å². The molecule has 1 aliphatic heterocycles. The van der Waals surface area contributed by atoms with Gasteiger partial charge in [-0.25, -0.2) is 4.98 Å². The number of methoxy groups -OCH3 is 1. The van der Waals surface area contributed by atoms with E-state index in [0.717, 1.165) is 55.0 Å². The first-order chi connectivity index (χ1) is 14.6. The molecule has 1 atom stereocenters. The van der Waals surface area contributed by atoms with E-state index >= 15 is 0 Å². The Morgan fingerprint density at radius 3 is 2.80 bits per heavy atom. The van der Waals surface area contributed by atoms with Gasteiger partial charge in [0.05, 0.1) is 29.1 Å². The van der Waals surface area contributed by atoms with Gasteiger partial charge in [-0.2, -0.15) is 0 Å². The summed E-state index contributed by atoms with van der Waals surface area (Å²) in [6.45, 7) is 3.82. The third-order valence-corrected chi connectivity index (χ3v) is 7.01. The average Bonchev–Trinajstić information content (AvgIpc) is 3.22. The molecule has 0 spiro atoms. The Labute approximate surface area is 182 Å². The predicted molar refractivity (Wildman–Crippen MR) is 123 cm³/mol. The Kier molecular flexibility index (Phi) is 6.62. The number of carbonyl (C=O) groups excluding carboxylic acids is 1. The Morgan fingerprint density at radius 1 is 1.23 bits per heavy atom. The standard InChI is InChI=1S/C24H29N3O2S/c1-17(24-25-21-8-3-4-9-22(21)26-24)30-16-23(28)27-12-10-18(11-13-27)14-19-6-5-7-20(15-19)29-2/h3-9,15,17-18H,10-14,16H2,1-2H3,(H,25,26). The topological polar surface area (TPSA) is 58.2 Å². The fourth-order valence-electron chi connectivity index (χ4n) is 4.05. The van der Waals surface area contributed by atoms with Crippen molar-refractivity contribution in [2.45, 2.75) is 31.4 Å². The maximum atomic E-state index is 12.7. The maximum absolute atomic E-state index is 12.7. The van der Waals surface area contributed by atoms with Gasteiger partial charge in [0, 0.05) is 13.1 Å². The van der Waals surface area contributed by atoms with Gasteiger partial charge < -0.3 is 14.6 Å². The summed E-state index contributed by atoms with van der Waals surface area (Å²) < 4.78 is 5.33. The fourth-order valence-corrected chi connectivity index (χ4v) is 4.90. The SMILES string of the molecule is COc1cccc(CC2CCN(C(=O)CSC(C)c3nc4ccccc4[nH]3)CC2)c1. The van der Waals surface area contributed by atoms with Gasteiger partial charge in [0.15, 0.2) is 0 Å². The number of para-hydroxylation sites is 2. The fraction of sp³-hybridized carbons (Fsp3) is 0.417. The summed E-state index contributed by atoms with van der Waals surface area (Å²) in [5.74, 6) is 3.21. The third kappa shape index (κ3) is 4.98. The summed E-state index contributed by atoms with van der Waals surface area (Å²) in [5, 5.41) is 0.159. The molecule has 158 valence electrons. The molecule has 2 heterocycles. The summed E-state index contributed by atoms with van der Waals surface area (Å²) >= 11 is 1.66. The number of aromatic nitrogens is 2. The number of carbonyl (C=O) groups is 1. The van der Waals surface area contributed by atoms with Crippen molar-refractivity contribution in [3.05, 3.63) is 59.9 Å². The second-order valence-electron chi connectivity index (χ2n) is 7.97. The molecule has 2 aromatic carbocycles. The molecule has 0 radical (unpaired) electrons. The van der Waals surface area contributed by atoms with Crippen molar-refractivity contribution in [3.8, 4) is 5.75 Å². The van der Waals surface area contributed by atoms with Gasteiger partial charge in [0.1, 0.15) is 11.6 Å². The lowest BCUT2D eigenvalue weighted by Gasteiger charge is -2.32. The van der Waals surface area contributed by atoms with E-state index in [1.165, 1.54) is 5.56 Å². The van der Waals surface area contributed by atoms with Crippen LogP contribution in [0, 0.1) is 5.92 Å². The molecule has 1 N–H and O–H groups in total. The smallest absolute Gasteiger partial charge is 0.232 e. The number of nitrogens with one attached hydrogen (secondary N) is 1. The predicted octanol–water partition coefficient (Wildman–Crippen LogP) is 4.85. The largest absolute Gasteiger partial charge is 0.497 e. The molecule has 1 fully saturated rings. The van der Waals surface area contributed by atoms with E-state index in [9.17, 15) is 4.79 Å². The normalized spacial score (nSPS) is 16.0. The number of ether oxygens (including phenoxy) is 1. The van der Waals surface area contributed by atoms with E-state index in [0.29, 0.717) is 11.7 Å². The molecule has 3 aromatic rings. The molecular formula is C24H29N3O2S. The number of hydrogen-bond donors (Lipinski definition) is 1. The maximum Gasteiger partial charge on any atom is 0.232 e. The number of benzene rings is 2.